The third-order valence-corrected chi connectivity index (χ3v) is 6.09. The SMILES string of the molecule is CC.CC[C@@]1(CCCCCCOCCCCC2=CCCC=C2)CC1C. The lowest BCUT2D eigenvalue weighted by Crippen LogP contribution is -2.01. The number of rotatable bonds is 13. The van der Waals surface area contributed by atoms with E-state index in [0.29, 0.717) is 0 Å². The fourth-order valence-electron chi connectivity index (χ4n) is 4.09. The zero-order valence-electron chi connectivity index (χ0n) is 17.6. The van der Waals surface area contributed by atoms with Crippen LogP contribution in [0.4, 0.5) is 0 Å². The van der Waals surface area contributed by atoms with Crippen LogP contribution in [-0.2, 0) is 4.74 Å². The van der Waals surface area contributed by atoms with Gasteiger partial charge in [0.15, 0.2) is 0 Å². The Morgan fingerprint density at radius 1 is 1.00 bits per heavy atom. The summed E-state index contributed by atoms with van der Waals surface area (Å²) in [4.78, 5) is 0. The molecule has 0 saturated heterocycles. The van der Waals surface area contributed by atoms with E-state index in [0.717, 1.165) is 24.5 Å². The molecule has 2 aliphatic carbocycles. The van der Waals surface area contributed by atoms with E-state index in [9.17, 15) is 0 Å². The molecule has 1 fully saturated rings. The number of hydrogen-bond acceptors (Lipinski definition) is 1. The van der Waals surface area contributed by atoms with Gasteiger partial charge in [-0.2, -0.15) is 0 Å². The van der Waals surface area contributed by atoms with Gasteiger partial charge in [0.2, 0.25) is 0 Å². The second kappa shape index (κ2) is 13.6. The summed E-state index contributed by atoms with van der Waals surface area (Å²) in [5.41, 5.74) is 2.28. The van der Waals surface area contributed by atoms with Gasteiger partial charge in [0.25, 0.3) is 0 Å². The molecule has 1 heteroatoms. The first-order valence-corrected chi connectivity index (χ1v) is 11.2. The van der Waals surface area contributed by atoms with Gasteiger partial charge in [-0.1, -0.05) is 77.2 Å². The maximum atomic E-state index is 5.78. The molecule has 2 atom stereocenters. The molecule has 0 heterocycles. The van der Waals surface area contributed by atoms with Gasteiger partial charge in [-0.25, -0.2) is 0 Å². The Bertz CT molecular complexity index is 378. The lowest BCUT2D eigenvalue weighted by Gasteiger charge is -2.13. The highest BCUT2D eigenvalue weighted by Crippen LogP contribution is 2.58. The monoisotopic (exact) mass is 348 g/mol. The van der Waals surface area contributed by atoms with Crippen molar-refractivity contribution in [3.8, 4) is 0 Å². The van der Waals surface area contributed by atoms with Crippen molar-refractivity contribution in [2.45, 2.75) is 105 Å². The fraction of sp³-hybridized carbons (Fsp3) is 0.833. The molecule has 0 aliphatic heterocycles. The van der Waals surface area contributed by atoms with E-state index in [4.69, 9.17) is 4.74 Å². The maximum Gasteiger partial charge on any atom is 0.0466 e. The van der Waals surface area contributed by atoms with Crippen molar-refractivity contribution >= 4 is 0 Å². The molecule has 0 aromatic carbocycles. The van der Waals surface area contributed by atoms with Crippen LogP contribution < -0.4 is 0 Å². The van der Waals surface area contributed by atoms with Crippen molar-refractivity contribution in [3.05, 3.63) is 23.8 Å². The normalized spacial score (nSPS) is 24.5. The van der Waals surface area contributed by atoms with E-state index in [1.807, 2.05) is 13.8 Å². The average molecular weight is 349 g/mol. The Kier molecular flexibility index (Phi) is 12.2. The van der Waals surface area contributed by atoms with Crippen molar-refractivity contribution in [1.82, 2.24) is 0 Å². The highest BCUT2D eigenvalue weighted by Gasteiger charge is 2.48. The Morgan fingerprint density at radius 3 is 2.28 bits per heavy atom. The van der Waals surface area contributed by atoms with Crippen molar-refractivity contribution in [3.63, 3.8) is 0 Å². The summed E-state index contributed by atoms with van der Waals surface area (Å²) in [6.07, 6.45) is 23.0. The summed E-state index contributed by atoms with van der Waals surface area (Å²) in [5, 5.41) is 0. The Balaban J connectivity index is 0.00000151. The summed E-state index contributed by atoms with van der Waals surface area (Å²) in [7, 11) is 0. The van der Waals surface area contributed by atoms with Crippen LogP contribution in [0.2, 0.25) is 0 Å². The predicted octanol–water partition coefficient (Wildman–Crippen LogP) is 7.86. The van der Waals surface area contributed by atoms with Gasteiger partial charge >= 0.3 is 0 Å². The molecule has 0 bridgehead atoms. The summed E-state index contributed by atoms with van der Waals surface area (Å²) >= 11 is 0. The van der Waals surface area contributed by atoms with E-state index >= 15 is 0 Å². The molecule has 1 nitrogen and oxygen atoms in total. The minimum absolute atomic E-state index is 0.749. The number of hydrogen-bond donors (Lipinski definition) is 0. The van der Waals surface area contributed by atoms with E-state index in [2.05, 4.69) is 32.1 Å². The van der Waals surface area contributed by atoms with Crippen molar-refractivity contribution < 1.29 is 4.74 Å². The number of unbranched alkanes of at least 4 members (excludes halogenated alkanes) is 4. The number of ether oxygens (including phenoxy) is 1. The van der Waals surface area contributed by atoms with Gasteiger partial charge in [0, 0.05) is 13.2 Å². The molecule has 146 valence electrons. The largest absolute Gasteiger partial charge is 0.381 e. The third-order valence-electron chi connectivity index (χ3n) is 6.09. The highest BCUT2D eigenvalue weighted by molar-refractivity contribution is 5.21. The van der Waals surface area contributed by atoms with Gasteiger partial charge in [0.05, 0.1) is 0 Å². The molecule has 0 aromatic rings. The first-order valence-electron chi connectivity index (χ1n) is 11.2. The van der Waals surface area contributed by atoms with Gasteiger partial charge in [-0.15, -0.1) is 0 Å². The molecule has 25 heavy (non-hydrogen) atoms. The predicted molar refractivity (Wildman–Crippen MR) is 112 cm³/mol. The van der Waals surface area contributed by atoms with Crippen LogP contribution in [0.25, 0.3) is 0 Å². The van der Waals surface area contributed by atoms with Crippen LogP contribution in [0.5, 0.6) is 0 Å². The van der Waals surface area contributed by atoms with Crippen LogP contribution in [-0.4, -0.2) is 13.2 Å². The maximum absolute atomic E-state index is 5.78. The van der Waals surface area contributed by atoms with Crippen LogP contribution in [0.1, 0.15) is 105 Å². The van der Waals surface area contributed by atoms with Crippen molar-refractivity contribution in [2.24, 2.45) is 11.3 Å². The number of allylic oxidation sites excluding steroid dienone is 4. The molecule has 0 spiro atoms. The summed E-state index contributed by atoms with van der Waals surface area (Å²) in [6.45, 7) is 10.7. The van der Waals surface area contributed by atoms with Crippen LogP contribution in [0, 0.1) is 11.3 Å². The van der Waals surface area contributed by atoms with Crippen LogP contribution >= 0.6 is 0 Å². The van der Waals surface area contributed by atoms with Gasteiger partial charge in [-0.3, -0.25) is 0 Å². The van der Waals surface area contributed by atoms with E-state index in [1.54, 1.807) is 0 Å². The van der Waals surface area contributed by atoms with Gasteiger partial charge < -0.3 is 4.74 Å². The van der Waals surface area contributed by atoms with E-state index in [-0.39, 0.29) is 0 Å². The van der Waals surface area contributed by atoms with Crippen LogP contribution in [0.15, 0.2) is 23.8 Å². The zero-order valence-corrected chi connectivity index (χ0v) is 17.6. The van der Waals surface area contributed by atoms with Crippen LogP contribution in [0.3, 0.4) is 0 Å². The second-order valence-corrected chi connectivity index (χ2v) is 7.81. The molecule has 0 amide bonds. The summed E-state index contributed by atoms with van der Waals surface area (Å²) in [6, 6.07) is 0. The Labute approximate surface area is 158 Å². The minimum atomic E-state index is 0.749. The average Bonchev–Trinajstić information content (AvgIpc) is 3.32. The molecular weight excluding hydrogens is 304 g/mol. The second-order valence-electron chi connectivity index (χ2n) is 7.81. The summed E-state index contributed by atoms with van der Waals surface area (Å²) < 4.78 is 5.78. The molecule has 2 aliphatic rings. The topological polar surface area (TPSA) is 9.23 Å². The van der Waals surface area contributed by atoms with E-state index < -0.39 is 0 Å². The van der Waals surface area contributed by atoms with Crippen molar-refractivity contribution in [1.29, 1.82) is 0 Å². The molecule has 1 saturated carbocycles. The smallest absolute Gasteiger partial charge is 0.0466 e. The Hall–Kier alpha value is -0.560. The molecule has 2 rings (SSSR count). The Morgan fingerprint density at radius 2 is 1.68 bits per heavy atom. The first kappa shape index (κ1) is 22.5. The van der Waals surface area contributed by atoms with E-state index in [1.165, 1.54) is 82.6 Å². The zero-order chi connectivity index (χ0) is 18.4. The fourth-order valence-corrected chi connectivity index (χ4v) is 4.09. The molecule has 1 unspecified atom stereocenters. The van der Waals surface area contributed by atoms with Gasteiger partial charge in [0.1, 0.15) is 0 Å². The molecule has 0 N–H and O–H groups in total. The van der Waals surface area contributed by atoms with Crippen molar-refractivity contribution in [2.75, 3.05) is 13.2 Å². The highest BCUT2D eigenvalue weighted by atomic mass is 16.5. The molecular formula is C24H44O. The lowest BCUT2D eigenvalue weighted by atomic mass is 9.93. The van der Waals surface area contributed by atoms with Gasteiger partial charge in [-0.05, 0) is 62.7 Å². The minimum Gasteiger partial charge on any atom is -0.381 e. The first-order chi connectivity index (χ1) is 12.3. The lowest BCUT2D eigenvalue weighted by molar-refractivity contribution is 0.126. The standard InChI is InChI=1S/C22H38O.C2H6/c1-3-22(19-20(22)2)16-10-4-5-11-17-23-18-12-9-15-21-13-7-6-8-14-21;1-2/h7,13-14,20H,3-6,8-12,15-19H2,1-2H3;1-2H3/t20?,22-;/m1./s1. The quantitative estimate of drug-likeness (QED) is 0.308. The molecule has 0 radical (unpaired) electrons. The third kappa shape index (κ3) is 9.08. The molecule has 0 aromatic heterocycles. The summed E-state index contributed by atoms with van der Waals surface area (Å²) in [5.74, 6) is 0.996.